The van der Waals surface area contributed by atoms with Gasteiger partial charge in [-0.1, -0.05) is 25.2 Å². The second-order valence-corrected chi connectivity index (χ2v) is 5.50. The molecule has 1 aromatic heterocycles. The highest BCUT2D eigenvalue weighted by Crippen LogP contribution is 2.11. The molecule has 0 aliphatic carbocycles. The largest absolute Gasteiger partial charge is 0.374 e. The summed E-state index contributed by atoms with van der Waals surface area (Å²) in [6.07, 6.45) is 2.03. The number of anilines is 1. The van der Waals surface area contributed by atoms with Crippen molar-refractivity contribution >= 4 is 22.4 Å². The summed E-state index contributed by atoms with van der Waals surface area (Å²) in [4.78, 5) is 14.2. The molecule has 0 spiro atoms. The molecule has 0 radical (unpaired) electrons. The minimum Gasteiger partial charge on any atom is -0.374 e. The minimum atomic E-state index is -0.190. The zero-order valence-corrected chi connectivity index (χ0v) is 12.7. The molecule has 1 unspecified atom stereocenters. The second kappa shape index (κ2) is 8.06. The van der Waals surface area contributed by atoms with E-state index in [4.69, 9.17) is 5.73 Å². The van der Waals surface area contributed by atoms with Crippen LogP contribution < -0.4 is 11.1 Å². The van der Waals surface area contributed by atoms with Crippen LogP contribution in [0, 0.1) is 0 Å². The number of nitrogens with zero attached hydrogens (tertiary/aromatic N) is 3. The zero-order valence-electron chi connectivity index (χ0n) is 11.8. The van der Waals surface area contributed by atoms with Crippen LogP contribution in [0.3, 0.4) is 0 Å². The van der Waals surface area contributed by atoms with Gasteiger partial charge in [0.25, 0.3) is 5.91 Å². The van der Waals surface area contributed by atoms with Gasteiger partial charge in [-0.2, -0.15) is 0 Å². The fraction of sp³-hybridized carbons (Fsp3) is 0.750. The second-order valence-electron chi connectivity index (χ2n) is 4.49. The van der Waals surface area contributed by atoms with Crippen LogP contribution in [0.15, 0.2) is 0 Å². The van der Waals surface area contributed by atoms with Crippen molar-refractivity contribution in [1.29, 1.82) is 0 Å². The van der Waals surface area contributed by atoms with Gasteiger partial charge in [0.1, 0.15) is 0 Å². The Labute approximate surface area is 118 Å². The van der Waals surface area contributed by atoms with E-state index in [2.05, 4.69) is 34.3 Å². The van der Waals surface area contributed by atoms with E-state index in [0.717, 1.165) is 43.8 Å². The normalized spacial score (nSPS) is 12.6. The lowest BCUT2D eigenvalue weighted by Crippen LogP contribution is -2.33. The molecule has 19 heavy (non-hydrogen) atoms. The van der Waals surface area contributed by atoms with Gasteiger partial charge in [0.2, 0.25) is 10.1 Å². The van der Waals surface area contributed by atoms with Gasteiger partial charge in [0, 0.05) is 6.04 Å². The molecule has 0 fully saturated rings. The molecular weight excluding hydrogens is 262 g/mol. The fourth-order valence-electron chi connectivity index (χ4n) is 1.84. The molecule has 1 atom stereocenters. The molecule has 3 N–H and O–H groups in total. The summed E-state index contributed by atoms with van der Waals surface area (Å²) >= 11 is 1.11. The number of carbonyl (C=O) groups excluding carboxylic acids is 1. The van der Waals surface area contributed by atoms with Gasteiger partial charge >= 0.3 is 0 Å². The summed E-state index contributed by atoms with van der Waals surface area (Å²) in [5.74, 6) is -0.190. The maximum Gasteiger partial charge on any atom is 0.282 e. The Morgan fingerprint density at radius 2 is 2.11 bits per heavy atom. The lowest BCUT2D eigenvalue weighted by atomic mass is 10.1. The standard InChI is InChI=1S/C12H23N5OS/c1-4-17(5-2)8-6-7-9(3)14-10(18)11-15-16-12(13)19-11/h9H,4-8H2,1-3H3,(H2,13,16)(H,14,18). The Hall–Kier alpha value is -1.21. The first-order chi connectivity index (χ1) is 9.06. The van der Waals surface area contributed by atoms with Crippen LogP contribution in [0.25, 0.3) is 0 Å². The van der Waals surface area contributed by atoms with Crippen LogP contribution in [0.5, 0.6) is 0 Å². The van der Waals surface area contributed by atoms with Crippen molar-refractivity contribution in [3.8, 4) is 0 Å². The summed E-state index contributed by atoms with van der Waals surface area (Å²) in [5.41, 5.74) is 5.45. The number of hydrogen-bond acceptors (Lipinski definition) is 6. The first-order valence-electron chi connectivity index (χ1n) is 6.69. The molecule has 0 saturated carbocycles. The number of rotatable bonds is 8. The zero-order chi connectivity index (χ0) is 14.3. The van der Waals surface area contributed by atoms with Crippen molar-refractivity contribution in [3.63, 3.8) is 0 Å². The Kier molecular flexibility index (Phi) is 6.72. The quantitative estimate of drug-likeness (QED) is 0.753. The van der Waals surface area contributed by atoms with Crippen LogP contribution in [-0.2, 0) is 0 Å². The van der Waals surface area contributed by atoms with E-state index >= 15 is 0 Å². The number of nitrogens with two attached hydrogens (primary N) is 1. The first-order valence-corrected chi connectivity index (χ1v) is 7.50. The molecule has 0 aromatic carbocycles. The third-order valence-corrected chi connectivity index (χ3v) is 3.77. The van der Waals surface area contributed by atoms with Crippen LogP contribution in [0.4, 0.5) is 5.13 Å². The van der Waals surface area contributed by atoms with Crippen molar-refractivity contribution in [2.75, 3.05) is 25.4 Å². The average molecular weight is 285 g/mol. The summed E-state index contributed by atoms with van der Waals surface area (Å²) < 4.78 is 0. The number of carbonyl (C=O) groups is 1. The van der Waals surface area contributed by atoms with E-state index in [9.17, 15) is 4.79 Å². The van der Waals surface area contributed by atoms with E-state index in [1.807, 2.05) is 6.92 Å². The molecule has 1 rings (SSSR count). The molecule has 6 nitrogen and oxygen atoms in total. The van der Waals surface area contributed by atoms with Crippen LogP contribution in [-0.4, -0.2) is 46.7 Å². The van der Waals surface area contributed by atoms with Crippen LogP contribution >= 0.6 is 11.3 Å². The summed E-state index contributed by atoms with van der Waals surface area (Å²) in [7, 11) is 0. The van der Waals surface area contributed by atoms with Gasteiger partial charge in [0.05, 0.1) is 0 Å². The number of nitrogen functional groups attached to an aromatic ring is 1. The molecule has 1 heterocycles. The van der Waals surface area contributed by atoms with Crippen molar-refractivity contribution in [3.05, 3.63) is 5.01 Å². The van der Waals surface area contributed by atoms with Gasteiger partial charge in [-0.15, -0.1) is 10.2 Å². The smallest absolute Gasteiger partial charge is 0.282 e. The highest BCUT2D eigenvalue weighted by atomic mass is 32.1. The Morgan fingerprint density at radius 3 is 2.63 bits per heavy atom. The predicted molar refractivity (Wildman–Crippen MR) is 78.3 cm³/mol. The average Bonchev–Trinajstić information content (AvgIpc) is 2.81. The van der Waals surface area contributed by atoms with Gasteiger partial charge in [-0.25, -0.2) is 0 Å². The monoisotopic (exact) mass is 285 g/mol. The van der Waals surface area contributed by atoms with E-state index in [-0.39, 0.29) is 11.9 Å². The fourth-order valence-corrected chi connectivity index (χ4v) is 2.36. The molecule has 0 aliphatic rings. The van der Waals surface area contributed by atoms with E-state index in [0.29, 0.717) is 10.1 Å². The maximum atomic E-state index is 11.8. The SMILES string of the molecule is CCN(CC)CCCC(C)NC(=O)c1nnc(N)s1. The van der Waals surface area contributed by atoms with Crippen molar-refractivity contribution < 1.29 is 4.79 Å². The lowest BCUT2D eigenvalue weighted by Gasteiger charge is -2.19. The molecule has 0 aliphatic heterocycles. The lowest BCUT2D eigenvalue weighted by molar-refractivity contribution is 0.0936. The summed E-state index contributed by atoms with van der Waals surface area (Å²) in [6.45, 7) is 9.54. The molecule has 0 bridgehead atoms. The Morgan fingerprint density at radius 1 is 1.42 bits per heavy atom. The summed E-state index contributed by atoms with van der Waals surface area (Å²) in [5, 5.41) is 10.9. The van der Waals surface area contributed by atoms with E-state index < -0.39 is 0 Å². The third kappa shape index (κ3) is 5.52. The van der Waals surface area contributed by atoms with Crippen molar-refractivity contribution in [2.45, 2.75) is 39.7 Å². The molecule has 1 aromatic rings. The Bertz CT molecular complexity index is 391. The predicted octanol–water partition coefficient (Wildman–Crippen LogP) is 1.36. The van der Waals surface area contributed by atoms with Crippen LogP contribution in [0.2, 0.25) is 0 Å². The summed E-state index contributed by atoms with van der Waals surface area (Å²) in [6, 6.07) is 0.133. The van der Waals surface area contributed by atoms with Crippen molar-refractivity contribution in [2.24, 2.45) is 0 Å². The topological polar surface area (TPSA) is 84.1 Å². The maximum absolute atomic E-state index is 11.8. The number of hydrogen-bond donors (Lipinski definition) is 2. The first kappa shape index (κ1) is 15.8. The number of aromatic nitrogens is 2. The van der Waals surface area contributed by atoms with Crippen LogP contribution in [0.1, 0.15) is 43.4 Å². The van der Waals surface area contributed by atoms with Gasteiger partial charge in [0.15, 0.2) is 0 Å². The highest BCUT2D eigenvalue weighted by molar-refractivity contribution is 7.16. The molecule has 108 valence electrons. The number of amides is 1. The Balaban J connectivity index is 2.27. The highest BCUT2D eigenvalue weighted by Gasteiger charge is 2.14. The van der Waals surface area contributed by atoms with E-state index in [1.165, 1.54) is 0 Å². The number of nitrogens with one attached hydrogen (secondary N) is 1. The van der Waals surface area contributed by atoms with Gasteiger partial charge in [-0.05, 0) is 39.4 Å². The minimum absolute atomic E-state index is 0.133. The van der Waals surface area contributed by atoms with Gasteiger partial charge < -0.3 is 16.0 Å². The van der Waals surface area contributed by atoms with Gasteiger partial charge in [-0.3, -0.25) is 4.79 Å². The molecule has 1 amide bonds. The molecule has 7 heteroatoms. The molecule has 0 saturated heterocycles. The molecular formula is C12H23N5OS. The van der Waals surface area contributed by atoms with Crippen molar-refractivity contribution in [1.82, 2.24) is 20.4 Å². The van der Waals surface area contributed by atoms with E-state index in [1.54, 1.807) is 0 Å². The third-order valence-electron chi connectivity index (χ3n) is 3.02.